The molecule has 1 aromatic heterocycles. The van der Waals surface area contributed by atoms with Gasteiger partial charge in [0.2, 0.25) is 5.88 Å². The molecule has 0 bridgehead atoms. The van der Waals surface area contributed by atoms with Gasteiger partial charge in [-0.3, -0.25) is 4.79 Å². The lowest BCUT2D eigenvalue weighted by Crippen LogP contribution is -3.11. The Morgan fingerprint density at radius 3 is 2.65 bits per heavy atom. The molecule has 3 N–H and O–H groups in total. The molecular weight excluding hydrogens is 435 g/mol. The molecular formula is C23H27Cl2N4O2+. The van der Waals surface area contributed by atoms with Crippen LogP contribution in [0.15, 0.2) is 40.5 Å². The number of allylic oxidation sites excluding steroid dienone is 1. The molecule has 1 aliphatic rings. The first-order valence-electron chi connectivity index (χ1n) is 10.4. The number of nitriles is 1. The second kappa shape index (κ2) is 9.78. The van der Waals surface area contributed by atoms with Crippen molar-refractivity contribution in [3.8, 4) is 11.8 Å². The van der Waals surface area contributed by atoms with Crippen molar-refractivity contribution >= 4 is 23.2 Å². The van der Waals surface area contributed by atoms with Crippen LogP contribution in [0.5, 0.6) is 5.75 Å². The van der Waals surface area contributed by atoms with E-state index in [9.17, 15) is 10.1 Å². The molecule has 164 valence electrons. The van der Waals surface area contributed by atoms with Crippen LogP contribution in [-0.4, -0.2) is 24.2 Å². The van der Waals surface area contributed by atoms with Gasteiger partial charge in [-0.05, 0) is 32.4 Å². The van der Waals surface area contributed by atoms with Crippen LogP contribution in [-0.2, 0) is 6.54 Å². The van der Waals surface area contributed by atoms with Gasteiger partial charge in [-0.15, -0.1) is 0 Å². The number of hydrogen-bond acceptors (Lipinski definition) is 4. The number of ether oxygens (including phenoxy) is 1. The maximum absolute atomic E-state index is 13.6. The van der Waals surface area contributed by atoms with Crippen LogP contribution in [0.2, 0.25) is 10.0 Å². The second-order valence-electron chi connectivity index (χ2n) is 7.65. The van der Waals surface area contributed by atoms with E-state index in [0.717, 1.165) is 31.7 Å². The minimum atomic E-state index is -0.743. The van der Waals surface area contributed by atoms with Gasteiger partial charge in [0, 0.05) is 24.7 Å². The van der Waals surface area contributed by atoms with Crippen molar-refractivity contribution in [3.05, 3.63) is 72.9 Å². The third-order valence-corrected chi connectivity index (χ3v) is 6.73. The Morgan fingerprint density at radius 1 is 1.29 bits per heavy atom. The predicted octanol–water partition coefficient (Wildman–Crippen LogP) is 3.00. The Morgan fingerprint density at radius 2 is 2.00 bits per heavy atom. The highest BCUT2D eigenvalue weighted by Crippen LogP contribution is 2.44. The minimum absolute atomic E-state index is 0.0299. The molecule has 0 radical (unpaired) electrons. The molecule has 8 heteroatoms. The van der Waals surface area contributed by atoms with Crippen LogP contribution in [0.3, 0.4) is 0 Å². The summed E-state index contributed by atoms with van der Waals surface area (Å²) in [6, 6.07) is 9.06. The molecule has 2 aromatic rings. The fourth-order valence-electron chi connectivity index (χ4n) is 4.11. The first-order valence-corrected chi connectivity index (χ1v) is 11.2. The molecule has 31 heavy (non-hydrogen) atoms. The third-order valence-electron chi connectivity index (χ3n) is 5.89. The quantitative estimate of drug-likeness (QED) is 0.663. The maximum Gasteiger partial charge on any atom is 0.258 e. The first-order chi connectivity index (χ1) is 14.8. The second-order valence-corrected chi connectivity index (χ2v) is 8.43. The van der Waals surface area contributed by atoms with Crippen LogP contribution < -0.4 is 20.9 Å². The van der Waals surface area contributed by atoms with Crippen molar-refractivity contribution in [1.29, 1.82) is 5.26 Å². The number of aryl methyl sites for hydroxylation is 1. The van der Waals surface area contributed by atoms with Gasteiger partial charge in [0.15, 0.2) is 0 Å². The molecule has 2 heterocycles. The van der Waals surface area contributed by atoms with Crippen LogP contribution in [0.25, 0.3) is 0 Å². The van der Waals surface area contributed by atoms with Gasteiger partial charge in [-0.25, -0.2) is 0 Å². The van der Waals surface area contributed by atoms with Crippen molar-refractivity contribution in [2.24, 2.45) is 5.73 Å². The summed E-state index contributed by atoms with van der Waals surface area (Å²) in [7, 11) is 0. The number of aromatic nitrogens is 1. The molecule has 0 aliphatic carbocycles. The molecule has 1 atom stereocenters. The number of fused-ring (bicyclic) bond motifs is 1. The van der Waals surface area contributed by atoms with E-state index in [1.165, 1.54) is 4.90 Å². The smallest absolute Gasteiger partial charge is 0.258 e. The molecule has 1 aromatic carbocycles. The average Bonchev–Trinajstić information content (AvgIpc) is 2.74. The maximum atomic E-state index is 13.6. The lowest BCUT2D eigenvalue weighted by molar-refractivity contribution is -0.896. The topological polar surface area (TPSA) is 85.5 Å². The first kappa shape index (κ1) is 23.2. The van der Waals surface area contributed by atoms with Crippen LogP contribution in [0, 0.1) is 18.3 Å². The molecule has 1 aliphatic heterocycles. The van der Waals surface area contributed by atoms with Gasteiger partial charge in [0.1, 0.15) is 17.4 Å². The van der Waals surface area contributed by atoms with Gasteiger partial charge in [0.25, 0.3) is 5.56 Å². The standard InChI is InChI=1S/C23H26Cl2N4O2/c1-4-28(5-2)10-7-11-29-14(3)12-18-20(23(29)30)19(16(13-26)22(27)31-18)15-8-6-9-17(24)21(15)25/h6,8-9,12,19H,4-5,7,10-11,27H2,1-3H3/p+1/t19-/m1/s1. The fraction of sp³-hybridized carbons (Fsp3) is 0.391. The van der Waals surface area contributed by atoms with E-state index in [-0.39, 0.29) is 17.0 Å². The zero-order valence-electron chi connectivity index (χ0n) is 18.0. The number of nitrogens with zero attached hydrogens (tertiary/aromatic N) is 2. The number of pyridine rings is 1. The lowest BCUT2D eigenvalue weighted by atomic mass is 9.84. The van der Waals surface area contributed by atoms with Gasteiger partial charge < -0.3 is 19.9 Å². The minimum Gasteiger partial charge on any atom is -0.440 e. The zero-order valence-corrected chi connectivity index (χ0v) is 19.5. The highest BCUT2D eigenvalue weighted by molar-refractivity contribution is 6.42. The lowest BCUT2D eigenvalue weighted by Gasteiger charge is -2.28. The molecule has 0 saturated carbocycles. The number of rotatable bonds is 7. The SMILES string of the molecule is CC[NH+](CC)CCCn1c(C)cc2c(c1=O)[C@H](c1cccc(Cl)c1Cl)C(C#N)=C(N)O2. The Hall–Kier alpha value is -2.46. The largest absolute Gasteiger partial charge is 0.440 e. The van der Waals surface area contributed by atoms with Crippen LogP contribution >= 0.6 is 23.2 Å². The van der Waals surface area contributed by atoms with E-state index < -0.39 is 5.92 Å². The summed E-state index contributed by atoms with van der Waals surface area (Å²) in [4.78, 5) is 15.1. The van der Waals surface area contributed by atoms with E-state index >= 15 is 0 Å². The van der Waals surface area contributed by atoms with E-state index in [1.807, 2.05) is 6.92 Å². The highest BCUT2D eigenvalue weighted by atomic mass is 35.5. The van der Waals surface area contributed by atoms with E-state index in [2.05, 4.69) is 19.9 Å². The highest BCUT2D eigenvalue weighted by Gasteiger charge is 2.35. The van der Waals surface area contributed by atoms with Crippen LogP contribution in [0.4, 0.5) is 0 Å². The monoisotopic (exact) mass is 461 g/mol. The van der Waals surface area contributed by atoms with Crippen molar-refractivity contribution in [3.63, 3.8) is 0 Å². The van der Waals surface area contributed by atoms with E-state index in [1.54, 1.807) is 28.8 Å². The molecule has 0 fully saturated rings. The van der Waals surface area contributed by atoms with Crippen LogP contribution in [0.1, 0.15) is 43.0 Å². The molecule has 0 spiro atoms. The third kappa shape index (κ3) is 4.45. The summed E-state index contributed by atoms with van der Waals surface area (Å²) in [6.07, 6.45) is 0.864. The number of benzene rings is 1. The normalized spacial score (nSPS) is 15.6. The summed E-state index contributed by atoms with van der Waals surface area (Å²) in [5.41, 5.74) is 7.69. The molecule has 6 nitrogen and oxygen atoms in total. The van der Waals surface area contributed by atoms with E-state index in [0.29, 0.717) is 33.5 Å². The van der Waals surface area contributed by atoms with Crippen molar-refractivity contribution in [1.82, 2.24) is 4.57 Å². The molecule has 0 amide bonds. The van der Waals surface area contributed by atoms with Crippen molar-refractivity contribution in [2.45, 2.75) is 39.7 Å². The summed E-state index contributed by atoms with van der Waals surface area (Å²) in [6.45, 7) is 9.85. The van der Waals surface area contributed by atoms with Gasteiger partial charge in [-0.2, -0.15) is 5.26 Å². The number of nitrogens with two attached hydrogens (primary N) is 1. The van der Waals surface area contributed by atoms with Gasteiger partial charge >= 0.3 is 0 Å². The Kier molecular flexibility index (Phi) is 7.32. The summed E-state index contributed by atoms with van der Waals surface area (Å²) in [5.74, 6) is -0.420. The van der Waals surface area contributed by atoms with Crippen molar-refractivity contribution < 1.29 is 9.64 Å². The van der Waals surface area contributed by atoms with Crippen molar-refractivity contribution in [2.75, 3.05) is 19.6 Å². The zero-order chi connectivity index (χ0) is 22.7. The summed E-state index contributed by atoms with van der Waals surface area (Å²) in [5, 5.41) is 10.4. The number of hydrogen-bond donors (Lipinski definition) is 2. The Bertz CT molecular complexity index is 1110. The fourth-order valence-corrected chi connectivity index (χ4v) is 4.53. The number of halogens is 2. The predicted molar refractivity (Wildman–Crippen MR) is 123 cm³/mol. The molecule has 0 unspecified atom stereocenters. The summed E-state index contributed by atoms with van der Waals surface area (Å²) < 4.78 is 7.44. The van der Waals surface area contributed by atoms with E-state index in [4.69, 9.17) is 33.7 Å². The summed E-state index contributed by atoms with van der Waals surface area (Å²) >= 11 is 12.7. The molecule has 0 saturated heterocycles. The molecule has 3 rings (SSSR count). The van der Waals surface area contributed by atoms with Gasteiger partial charge in [0.05, 0.1) is 41.2 Å². The Balaban J connectivity index is 2.12. The number of quaternary nitrogens is 1. The number of nitrogens with one attached hydrogen (secondary N) is 1. The Labute approximate surface area is 192 Å². The van der Waals surface area contributed by atoms with Gasteiger partial charge in [-0.1, -0.05) is 35.3 Å². The average molecular weight is 462 g/mol.